The molecule has 2 aromatic rings. The van der Waals surface area contributed by atoms with Crippen LogP contribution in [-0.2, 0) is 0 Å². The second-order valence-electron chi connectivity index (χ2n) is 3.79. The number of hydrazine groups is 1. The molecular formula is C10H14N8O2S. The largest absolute Gasteiger partial charge is 0.463 e. The number of nitrogen functional groups attached to an aromatic ring is 2. The van der Waals surface area contributed by atoms with Gasteiger partial charge in [-0.2, -0.15) is 15.0 Å². The lowest BCUT2D eigenvalue weighted by Gasteiger charge is -2.06. The Bertz CT molecular complexity index is 676. The molecule has 11 heteroatoms. The Kier molecular flexibility index (Phi) is 4.90. The fraction of sp³-hybridized carbons (Fsp3) is 0.300. The average Bonchev–Trinajstić information content (AvgIpc) is 2.43. The molecule has 0 aliphatic carbocycles. The van der Waals surface area contributed by atoms with Crippen LogP contribution in [0.5, 0.6) is 6.01 Å². The highest BCUT2D eigenvalue weighted by molar-refractivity contribution is 7.99. The molecule has 0 amide bonds. The van der Waals surface area contributed by atoms with E-state index in [-0.39, 0.29) is 33.6 Å². The molecule has 0 fully saturated rings. The molecule has 2 aromatic heterocycles. The first-order valence-electron chi connectivity index (χ1n) is 6.01. The molecule has 0 aliphatic rings. The second kappa shape index (κ2) is 6.85. The second-order valence-corrected chi connectivity index (χ2v) is 4.75. The first-order chi connectivity index (χ1) is 10.1. The molecule has 0 atom stereocenters. The van der Waals surface area contributed by atoms with E-state index in [9.17, 15) is 4.79 Å². The normalized spacial score (nSPS) is 10.4. The molecule has 0 bridgehead atoms. The highest BCUT2D eigenvalue weighted by atomic mass is 32.2. The van der Waals surface area contributed by atoms with Crippen LogP contribution in [0.3, 0.4) is 0 Å². The van der Waals surface area contributed by atoms with Crippen LogP contribution in [0.15, 0.2) is 21.2 Å². The summed E-state index contributed by atoms with van der Waals surface area (Å²) in [5.74, 6) is 5.55. The predicted octanol–water partition coefficient (Wildman–Crippen LogP) is -0.237. The maximum absolute atomic E-state index is 11.3. The lowest BCUT2D eigenvalue weighted by Crippen LogP contribution is -2.13. The minimum Gasteiger partial charge on any atom is -0.463 e. The van der Waals surface area contributed by atoms with Crippen molar-refractivity contribution < 1.29 is 4.74 Å². The molecule has 6 N–H and O–H groups in total. The summed E-state index contributed by atoms with van der Waals surface area (Å²) >= 11 is 1.01. The minimum absolute atomic E-state index is 0.106. The van der Waals surface area contributed by atoms with E-state index in [1.54, 1.807) is 0 Å². The summed E-state index contributed by atoms with van der Waals surface area (Å²) in [6, 6.07) is 1.31. The molecule has 10 nitrogen and oxygen atoms in total. The van der Waals surface area contributed by atoms with Gasteiger partial charge < -0.3 is 15.5 Å². The van der Waals surface area contributed by atoms with Gasteiger partial charge in [-0.15, -0.1) is 0 Å². The van der Waals surface area contributed by atoms with Crippen LogP contribution in [0.2, 0.25) is 0 Å². The third-order valence-electron chi connectivity index (χ3n) is 2.09. The smallest absolute Gasteiger partial charge is 0.322 e. The van der Waals surface area contributed by atoms with Crippen LogP contribution in [0.1, 0.15) is 13.3 Å². The molecule has 2 heterocycles. The predicted molar refractivity (Wildman–Crippen MR) is 76.8 cm³/mol. The molecule has 112 valence electrons. The van der Waals surface area contributed by atoms with Gasteiger partial charge in [0, 0.05) is 6.07 Å². The summed E-state index contributed by atoms with van der Waals surface area (Å²) in [5.41, 5.74) is 7.47. The fourth-order valence-corrected chi connectivity index (χ4v) is 2.03. The van der Waals surface area contributed by atoms with Gasteiger partial charge in [0.1, 0.15) is 5.82 Å². The van der Waals surface area contributed by atoms with Crippen molar-refractivity contribution in [3.63, 3.8) is 0 Å². The first kappa shape index (κ1) is 15.0. The van der Waals surface area contributed by atoms with Gasteiger partial charge in [-0.25, -0.2) is 10.8 Å². The van der Waals surface area contributed by atoms with Crippen LogP contribution in [0.25, 0.3) is 0 Å². The number of hydrogen-bond acceptors (Lipinski definition) is 10. The SMILES string of the molecule is CCCOc1nc(NN)nc(Sc2nc(N)cc(=O)[nH]2)n1. The number of nitrogens with zero attached hydrogens (tertiary/aromatic N) is 4. The van der Waals surface area contributed by atoms with Crippen molar-refractivity contribution in [1.29, 1.82) is 0 Å². The van der Waals surface area contributed by atoms with Gasteiger partial charge in [0.05, 0.1) is 6.61 Å². The Morgan fingerprint density at radius 1 is 1.38 bits per heavy atom. The summed E-state index contributed by atoms with van der Waals surface area (Å²) in [6.07, 6.45) is 0.809. The van der Waals surface area contributed by atoms with Gasteiger partial charge in [-0.1, -0.05) is 6.92 Å². The number of anilines is 2. The molecule has 0 spiro atoms. The molecule has 0 radical (unpaired) electrons. The highest BCUT2D eigenvalue weighted by Crippen LogP contribution is 2.22. The summed E-state index contributed by atoms with van der Waals surface area (Å²) in [6.45, 7) is 2.42. The van der Waals surface area contributed by atoms with E-state index in [2.05, 4.69) is 30.3 Å². The van der Waals surface area contributed by atoms with E-state index in [0.29, 0.717) is 6.61 Å². The van der Waals surface area contributed by atoms with Gasteiger partial charge in [-0.05, 0) is 18.2 Å². The monoisotopic (exact) mass is 310 g/mol. The summed E-state index contributed by atoms with van der Waals surface area (Å²) < 4.78 is 5.34. The quantitative estimate of drug-likeness (QED) is 0.319. The van der Waals surface area contributed by atoms with Crippen LogP contribution in [0.4, 0.5) is 11.8 Å². The number of aromatic nitrogens is 5. The third kappa shape index (κ3) is 4.29. The zero-order chi connectivity index (χ0) is 15.2. The van der Waals surface area contributed by atoms with Crippen molar-refractivity contribution in [3.8, 4) is 6.01 Å². The number of H-pyrrole nitrogens is 1. The first-order valence-corrected chi connectivity index (χ1v) is 6.82. The van der Waals surface area contributed by atoms with Crippen molar-refractivity contribution in [1.82, 2.24) is 24.9 Å². The van der Waals surface area contributed by atoms with Crippen molar-refractivity contribution in [3.05, 3.63) is 16.4 Å². The molecular weight excluding hydrogens is 296 g/mol. The summed E-state index contributed by atoms with van der Waals surface area (Å²) in [5, 5.41) is 0.522. The van der Waals surface area contributed by atoms with Gasteiger partial charge in [0.25, 0.3) is 5.56 Å². The van der Waals surface area contributed by atoms with E-state index in [1.165, 1.54) is 6.07 Å². The molecule has 0 saturated carbocycles. The Morgan fingerprint density at radius 2 is 2.19 bits per heavy atom. The van der Waals surface area contributed by atoms with Crippen LogP contribution >= 0.6 is 11.8 Å². The summed E-state index contributed by atoms with van der Waals surface area (Å²) in [4.78, 5) is 29.9. The third-order valence-corrected chi connectivity index (χ3v) is 2.84. The van der Waals surface area contributed by atoms with Gasteiger partial charge in [0.2, 0.25) is 11.1 Å². The van der Waals surface area contributed by atoms with Crippen LogP contribution < -0.4 is 27.3 Å². The minimum atomic E-state index is -0.362. The van der Waals surface area contributed by atoms with E-state index >= 15 is 0 Å². The topological polar surface area (TPSA) is 158 Å². The van der Waals surface area contributed by atoms with E-state index in [0.717, 1.165) is 18.2 Å². The number of nitrogens with two attached hydrogens (primary N) is 2. The van der Waals surface area contributed by atoms with E-state index in [4.69, 9.17) is 16.3 Å². The van der Waals surface area contributed by atoms with Crippen molar-refractivity contribution in [2.45, 2.75) is 23.7 Å². The fourth-order valence-electron chi connectivity index (χ4n) is 1.29. The van der Waals surface area contributed by atoms with Gasteiger partial charge in [-0.3, -0.25) is 10.2 Å². The van der Waals surface area contributed by atoms with Gasteiger partial charge in [0.15, 0.2) is 5.16 Å². The zero-order valence-electron chi connectivity index (χ0n) is 11.2. The number of aromatic amines is 1. The van der Waals surface area contributed by atoms with Crippen LogP contribution in [-0.4, -0.2) is 31.5 Å². The van der Waals surface area contributed by atoms with E-state index in [1.807, 2.05) is 6.92 Å². The Morgan fingerprint density at radius 3 is 2.86 bits per heavy atom. The number of rotatable bonds is 6. The van der Waals surface area contributed by atoms with Crippen molar-refractivity contribution in [2.24, 2.45) is 5.84 Å². The number of nitrogens with one attached hydrogen (secondary N) is 2. The van der Waals surface area contributed by atoms with Crippen molar-refractivity contribution >= 4 is 23.5 Å². The number of hydrogen-bond donors (Lipinski definition) is 4. The standard InChI is InChI=1S/C10H14N8O2S/c1-2-3-20-8-15-7(18-12)16-10(17-8)21-9-13-5(11)4-6(19)14-9/h4H,2-3,12H2,1H3,(H3,11,13,14,19)(H,15,16,17,18). The molecule has 21 heavy (non-hydrogen) atoms. The Labute approximate surface area is 123 Å². The van der Waals surface area contributed by atoms with E-state index < -0.39 is 0 Å². The van der Waals surface area contributed by atoms with Crippen molar-refractivity contribution in [2.75, 3.05) is 17.8 Å². The molecule has 0 saturated heterocycles. The Hall–Kier alpha value is -2.40. The molecule has 2 rings (SSSR count). The highest BCUT2D eigenvalue weighted by Gasteiger charge is 2.10. The molecule has 0 aliphatic heterocycles. The Balaban J connectivity index is 2.27. The maximum atomic E-state index is 11.3. The maximum Gasteiger partial charge on any atom is 0.322 e. The molecule has 0 aromatic carbocycles. The van der Waals surface area contributed by atoms with Gasteiger partial charge >= 0.3 is 6.01 Å². The zero-order valence-corrected chi connectivity index (χ0v) is 12.0. The average molecular weight is 310 g/mol. The molecule has 0 unspecified atom stereocenters. The lowest BCUT2D eigenvalue weighted by molar-refractivity contribution is 0.288. The number of ether oxygens (including phenoxy) is 1. The lowest BCUT2D eigenvalue weighted by atomic mass is 10.5. The summed E-state index contributed by atoms with van der Waals surface area (Å²) in [7, 11) is 0. The van der Waals surface area contributed by atoms with Crippen LogP contribution in [0, 0.1) is 0 Å².